The maximum atomic E-state index is 5.89. The number of hydrogen-bond donors (Lipinski definition) is 0. The van der Waals surface area contributed by atoms with Crippen molar-refractivity contribution >= 4 is 0 Å². The number of hydrogen-bond acceptors (Lipinski definition) is 6. The summed E-state index contributed by atoms with van der Waals surface area (Å²) in [5, 5.41) is 8.52. The molecule has 6 nitrogen and oxygen atoms in total. The van der Waals surface area contributed by atoms with E-state index in [2.05, 4.69) is 53.8 Å². The van der Waals surface area contributed by atoms with Crippen LogP contribution in [-0.2, 0) is 17.6 Å². The molecule has 0 aromatic carbocycles. The van der Waals surface area contributed by atoms with E-state index in [4.69, 9.17) is 9.15 Å². The van der Waals surface area contributed by atoms with E-state index >= 15 is 0 Å². The summed E-state index contributed by atoms with van der Waals surface area (Å²) >= 11 is 0. The highest BCUT2D eigenvalue weighted by Gasteiger charge is 2.34. The largest absolute Gasteiger partial charge is 0.425 e. The standard InChI is InChI=1S/C24H42N4O2/c1-6-7-23-25-26-24(30-23)16-20-15-22(18(2)3)21(14-19(20)4)17-28-10-8-27(9-11-28)12-13-29-5/h14,18,20-22H,6-13,15-17H2,1-5H3/t20-,21-,22-/m0/s1. The molecule has 3 atom stereocenters. The predicted octanol–water partition coefficient (Wildman–Crippen LogP) is 3.68. The Balaban J connectivity index is 1.58. The van der Waals surface area contributed by atoms with Crippen LogP contribution in [0.15, 0.2) is 16.1 Å². The van der Waals surface area contributed by atoms with E-state index in [1.807, 2.05) is 0 Å². The Kier molecular flexibility index (Phi) is 8.90. The van der Waals surface area contributed by atoms with Crippen molar-refractivity contribution in [3.05, 3.63) is 23.4 Å². The topological polar surface area (TPSA) is 54.6 Å². The van der Waals surface area contributed by atoms with Gasteiger partial charge in [0.05, 0.1) is 6.61 Å². The van der Waals surface area contributed by atoms with Gasteiger partial charge in [-0.3, -0.25) is 4.90 Å². The predicted molar refractivity (Wildman–Crippen MR) is 120 cm³/mol. The fraction of sp³-hybridized carbons (Fsp3) is 0.833. The van der Waals surface area contributed by atoms with Crippen LogP contribution in [0, 0.1) is 23.7 Å². The second-order valence-corrected chi connectivity index (χ2v) is 9.59. The third-order valence-electron chi connectivity index (χ3n) is 7.02. The summed E-state index contributed by atoms with van der Waals surface area (Å²) < 4.78 is 11.1. The van der Waals surface area contributed by atoms with Gasteiger partial charge < -0.3 is 14.1 Å². The van der Waals surface area contributed by atoms with Crippen LogP contribution < -0.4 is 0 Å². The first kappa shape index (κ1) is 23.4. The number of rotatable bonds is 10. The van der Waals surface area contributed by atoms with E-state index in [1.165, 1.54) is 31.6 Å². The molecular weight excluding hydrogens is 376 g/mol. The lowest BCUT2D eigenvalue weighted by Crippen LogP contribution is -2.49. The van der Waals surface area contributed by atoms with Gasteiger partial charge in [-0.15, -0.1) is 10.2 Å². The lowest BCUT2D eigenvalue weighted by molar-refractivity contribution is 0.0798. The Morgan fingerprint density at radius 1 is 1.13 bits per heavy atom. The van der Waals surface area contributed by atoms with Gasteiger partial charge in [-0.25, -0.2) is 0 Å². The summed E-state index contributed by atoms with van der Waals surface area (Å²) in [4.78, 5) is 5.19. The summed E-state index contributed by atoms with van der Waals surface area (Å²) in [6.07, 6.45) is 6.60. The van der Waals surface area contributed by atoms with Crippen molar-refractivity contribution in [3.63, 3.8) is 0 Å². The fourth-order valence-corrected chi connectivity index (χ4v) is 5.10. The first-order valence-electron chi connectivity index (χ1n) is 11.9. The van der Waals surface area contributed by atoms with Crippen molar-refractivity contribution in [1.82, 2.24) is 20.0 Å². The Morgan fingerprint density at radius 2 is 1.83 bits per heavy atom. The molecule has 170 valence electrons. The van der Waals surface area contributed by atoms with Crippen LogP contribution in [0.2, 0.25) is 0 Å². The van der Waals surface area contributed by atoms with Gasteiger partial charge in [0.1, 0.15) is 0 Å². The number of ether oxygens (including phenoxy) is 1. The molecule has 3 rings (SSSR count). The van der Waals surface area contributed by atoms with Gasteiger partial charge in [-0.1, -0.05) is 32.4 Å². The molecule has 1 aliphatic carbocycles. The molecule has 0 spiro atoms. The van der Waals surface area contributed by atoms with Gasteiger partial charge in [0.15, 0.2) is 0 Å². The van der Waals surface area contributed by atoms with Gasteiger partial charge in [0.2, 0.25) is 11.8 Å². The van der Waals surface area contributed by atoms with Crippen LogP contribution in [0.3, 0.4) is 0 Å². The van der Waals surface area contributed by atoms with Crippen LogP contribution >= 0.6 is 0 Å². The van der Waals surface area contributed by atoms with E-state index in [0.717, 1.165) is 57.3 Å². The second kappa shape index (κ2) is 11.4. The highest BCUT2D eigenvalue weighted by Crippen LogP contribution is 2.39. The molecule has 0 radical (unpaired) electrons. The molecule has 0 N–H and O–H groups in total. The number of allylic oxidation sites excluding steroid dienone is 1. The van der Waals surface area contributed by atoms with Crippen molar-refractivity contribution in [1.29, 1.82) is 0 Å². The zero-order valence-electron chi connectivity index (χ0n) is 19.8. The van der Waals surface area contributed by atoms with Crippen molar-refractivity contribution in [3.8, 4) is 0 Å². The molecule has 1 saturated heterocycles. The molecule has 1 aliphatic heterocycles. The second-order valence-electron chi connectivity index (χ2n) is 9.59. The monoisotopic (exact) mass is 418 g/mol. The van der Waals surface area contributed by atoms with Gasteiger partial charge >= 0.3 is 0 Å². The minimum atomic E-state index is 0.523. The lowest BCUT2D eigenvalue weighted by Gasteiger charge is -2.41. The summed E-state index contributed by atoms with van der Waals surface area (Å²) in [6, 6.07) is 0. The van der Waals surface area contributed by atoms with Crippen molar-refractivity contribution in [2.45, 2.75) is 53.4 Å². The normalized spacial score (nSPS) is 26.3. The summed E-state index contributed by atoms with van der Waals surface area (Å²) in [6.45, 7) is 17.0. The maximum absolute atomic E-state index is 5.89. The van der Waals surface area contributed by atoms with Crippen LogP contribution in [0.4, 0.5) is 0 Å². The smallest absolute Gasteiger partial charge is 0.217 e. The Morgan fingerprint density at radius 3 is 2.50 bits per heavy atom. The lowest BCUT2D eigenvalue weighted by atomic mass is 9.69. The molecule has 1 aromatic rings. The third-order valence-corrected chi connectivity index (χ3v) is 7.02. The highest BCUT2D eigenvalue weighted by molar-refractivity contribution is 5.14. The molecule has 0 bridgehead atoms. The van der Waals surface area contributed by atoms with Gasteiger partial charge in [-0.05, 0) is 43.4 Å². The minimum Gasteiger partial charge on any atom is -0.425 e. The van der Waals surface area contributed by atoms with Crippen LogP contribution in [-0.4, -0.2) is 73.0 Å². The van der Waals surface area contributed by atoms with Crippen molar-refractivity contribution in [2.75, 3.05) is 53.0 Å². The van der Waals surface area contributed by atoms with E-state index in [1.54, 1.807) is 7.11 Å². The number of piperazine rings is 1. The molecule has 0 saturated carbocycles. The number of methoxy groups -OCH3 is 1. The molecule has 6 heteroatoms. The number of aryl methyl sites for hydroxylation is 1. The minimum absolute atomic E-state index is 0.523. The zero-order chi connectivity index (χ0) is 21.5. The molecule has 1 aromatic heterocycles. The van der Waals surface area contributed by atoms with Crippen LogP contribution in [0.25, 0.3) is 0 Å². The molecular formula is C24H42N4O2. The third kappa shape index (κ3) is 6.38. The van der Waals surface area contributed by atoms with E-state index < -0.39 is 0 Å². The molecule has 2 heterocycles. The first-order chi connectivity index (χ1) is 14.5. The van der Waals surface area contributed by atoms with E-state index in [0.29, 0.717) is 23.7 Å². The first-order valence-corrected chi connectivity index (χ1v) is 11.9. The van der Waals surface area contributed by atoms with Gasteiger partial charge in [0.25, 0.3) is 0 Å². The maximum Gasteiger partial charge on any atom is 0.217 e. The van der Waals surface area contributed by atoms with Crippen LogP contribution in [0.5, 0.6) is 0 Å². The number of nitrogens with zero attached hydrogens (tertiary/aromatic N) is 4. The highest BCUT2D eigenvalue weighted by atomic mass is 16.5. The molecule has 30 heavy (non-hydrogen) atoms. The zero-order valence-corrected chi connectivity index (χ0v) is 19.8. The number of aromatic nitrogens is 2. The summed E-state index contributed by atoms with van der Waals surface area (Å²) in [7, 11) is 1.79. The average Bonchev–Trinajstić information content (AvgIpc) is 3.16. The Hall–Kier alpha value is -1.24. The van der Waals surface area contributed by atoms with E-state index in [9.17, 15) is 0 Å². The van der Waals surface area contributed by atoms with Gasteiger partial charge in [-0.2, -0.15) is 0 Å². The van der Waals surface area contributed by atoms with Crippen LogP contribution in [0.1, 0.15) is 52.3 Å². The molecule has 2 aliphatic rings. The SMILES string of the molecule is CCCc1nnc(C[C@@H]2C[C@@H](C(C)C)[C@H](CN3CCN(CCOC)CC3)C=C2C)o1. The Labute approximate surface area is 183 Å². The van der Waals surface area contributed by atoms with Crippen molar-refractivity contribution < 1.29 is 9.15 Å². The van der Waals surface area contributed by atoms with Crippen molar-refractivity contribution in [2.24, 2.45) is 23.7 Å². The molecule has 0 amide bonds. The Bertz CT molecular complexity index is 664. The van der Waals surface area contributed by atoms with E-state index in [-0.39, 0.29) is 0 Å². The quantitative estimate of drug-likeness (QED) is 0.540. The van der Waals surface area contributed by atoms with Gasteiger partial charge in [0, 0.05) is 59.2 Å². The molecule has 0 unspecified atom stereocenters. The summed E-state index contributed by atoms with van der Waals surface area (Å²) in [5.74, 6) is 4.16. The molecule has 1 fully saturated rings. The fourth-order valence-electron chi connectivity index (χ4n) is 5.10. The average molecular weight is 419 g/mol. The summed E-state index contributed by atoms with van der Waals surface area (Å²) in [5.41, 5.74) is 1.51.